The van der Waals surface area contributed by atoms with Gasteiger partial charge in [-0.2, -0.15) is 18.3 Å². The van der Waals surface area contributed by atoms with Gasteiger partial charge in [0.2, 0.25) is 5.91 Å². The van der Waals surface area contributed by atoms with E-state index in [1.165, 1.54) is 12.1 Å². The number of fused-ring (bicyclic) bond motifs is 1. The number of ether oxygens (including phenoxy) is 1. The number of hydrogen-bond acceptors (Lipinski definition) is 3. The fraction of sp³-hybridized carbons (Fsp3) is 0.259. The average Bonchev–Trinajstić information content (AvgIpc) is 3.25. The topological polar surface area (TPSA) is 56.1 Å². The molecule has 1 amide bonds. The number of benzene rings is 3. The predicted molar refractivity (Wildman–Crippen MR) is 128 cm³/mol. The number of carbonyl (C=O) groups is 1. The third-order valence-electron chi connectivity index (χ3n) is 5.89. The summed E-state index contributed by atoms with van der Waals surface area (Å²) >= 11 is 0. The molecule has 3 aromatic carbocycles. The van der Waals surface area contributed by atoms with Gasteiger partial charge in [-0.1, -0.05) is 36.4 Å². The molecule has 0 aliphatic rings. The second-order valence-corrected chi connectivity index (χ2v) is 8.98. The highest BCUT2D eigenvalue weighted by Crippen LogP contribution is 2.38. The van der Waals surface area contributed by atoms with E-state index >= 15 is 0 Å². The Bertz CT molecular complexity index is 1330. The van der Waals surface area contributed by atoms with Gasteiger partial charge in [0, 0.05) is 11.3 Å². The lowest BCUT2D eigenvalue weighted by Gasteiger charge is -2.35. The van der Waals surface area contributed by atoms with E-state index in [2.05, 4.69) is 5.10 Å². The van der Waals surface area contributed by atoms with Crippen molar-refractivity contribution in [3.05, 3.63) is 95.9 Å². The van der Waals surface area contributed by atoms with Crippen LogP contribution in [0.1, 0.15) is 30.9 Å². The molecule has 188 valence electrons. The van der Waals surface area contributed by atoms with E-state index in [9.17, 15) is 22.4 Å². The van der Waals surface area contributed by atoms with Crippen LogP contribution in [0.5, 0.6) is 0 Å². The van der Waals surface area contributed by atoms with Crippen LogP contribution >= 0.6 is 0 Å². The van der Waals surface area contributed by atoms with Crippen LogP contribution in [0.15, 0.2) is 79.0 Å². The predicted octanol–water partition coefficient (Wildman–Crippen LogP) is 5.77. The standard InChI is InChI=1S/C27H25F4N3O2/c1-26(2,36-16-24(35)32-17-27(29,30)31)25(18-6-4-3-5-7-18)19-8-13-23-20(14-19)15-33-34(23)22-11-9-21(28)10-12-22/h3-15,25H,16-17H2,1-2H3,(H,32,35). The summed E-state index contributed by atoms with van der Waals surface area (Å²) in [6, 6.07) is 21.4. The van der Waals surface area contributed by atoms with E-state index < -0.39 is 30.8 Å². The maximum absolute atomic E-state index is 13.3. The monoisotopic (exact) mass is 499 g/mol. The van der Waals surface area contributed by atoms with E-state index in [0.717, 1.165) is 22.0 Å². The molecule has 1 unspecified atom stereocenters. The molecule has 0 aliphatic carbocycles. The molecule has 0 aliphatic heterocycles. The minimum Gasteiger partial charge on any atom is -0.365 e. The third-order valence-corrected chi connectivity index (χ3v) is 5.89. The largest absolute Gasteiger partial charge is 0.405 e. The summed E-state index contributed by atoms with van der Waals surface area (Å²) in [6.45, 7) is 1.67. The Labute approximate surface area is 205 Å². The third kappa shape index (κ3) is 5.91. The van der Waals surface area contributed by atoms with Crippen LogP contribution in [-0.4, -0.2) is 40.6 Å². The van der Waals surface area contributed by atoms with Gasteiger partial charge in [0.1, 0.15) is 19.0 Å². The number of hydrogen-bond donors (Lipinski definition) is 1. The van der Waals surface area contributed by atoms with Gasteiger partial charge in [-0.05, 0) is 61.4 Å². The lowest BCUT2D eigenvalue weighted by atomic mass is 9.79. The van der Waals surface area contributed by atoms with Crippen molar-refractivity contribution < 1.29 is 27.1 Å². The molecule has 0 radical (unpaired) electrons. The number of rotatable bonds is 8. The van der Waals surface area contributed by atoms with E-state index in [0.29, 0.717) is 5.69 Å². The van der Waals surface area contributed by atoms with Crippen molar-refractivity contribution in [1.29, 1.82) is 0 Å². The molecule has 0 bridgehead atoms. The minimum absolute atomic E-state index is 0.336. The quantitative estimate of drug-likeness (QED) is 0.313. The number of aromatic nitrogens is 2. The molecular formula is C27H25F4N3O2. The van der Waals surface area contributed by atoms with Crippen LogP contribution < -0.4 is 5.32 Å². The molecular weight excluding hydrogens is 474 g/mol. The lowest BCUT2D eigenvalue weighted by molar-refractivity contribution is -0.144. The Kier molecular flexibility index (Phi) is 7.12. The fourth-order valence-corrected chi connectivity index (χ4v) is 4.24. The second-order valence-electron chi connectivity index (χ2n) is 8.98. The summed E-state index contributed by atoms with van der Waals surface area (Å²) < 4.78 is 58.3. The Morgan fingerprint density at radius 3 is 2.36 bits per heavy atom. The maximum atomic E-state index is 13.3. The molecule has 0 saturated heterocycles. The Balaban J connectivity index is 1.64. The van der Waals surface area contributed by atoms with Crippen molar-refractivity contribution in [3.63, 3.8) is 0 Å². The first-order chi connectivity index (χ1) is 17.0. The van der Waals surface area contributed by atoms with E-state index in [1.807, 2.05) is 53.8 Å². The van der Waals surface area contributed by atoms with Gasteiger partial charge in [-0.3, -0.25) is 4.79 Å². The van der Waals surface area contributed by atoms with Crippen LogP contribution in [0.2, 0.25) is 0 Å². The minimum atomic E-state index is -4.49. The van der Waals surface area contributed by atoms with E-state index in [-0.39, 0.29) is 11.7 Å². The Morgan fingerprint density at radius 2 is 1.69 bits per heavy atom. The van der Waals surface area contributed by atoms with Crippen molar-refractivity contribution in [2.24, 2.45) is 0 Å². The molecule has 1 N–H and O–H groups in total. The van der Waals surface area contributed by atoms with Crippen LogP contribution in [-0.2, 0) is 9.53 Å². The van der Waals surface area contributed by atoms with Gasteiger partial charge in [0.05, 0.1) is 23.0 Å². The highest BCUT2D eigenvalue weighted by atomic mass is 19.4. The summed E-state index contributed by atoms with van der Waals surface area (Å²) in [7, 11) is 0. The molecule has 36 heavy (non-hydrogen) atoms. The molecule has 1 aromatic heterocycles. The number of nitrogens with one attached hydrogen (secondary N) is 1. The van der Waals surface area contributed by atoms with Gasteiger partial charge in [0.25, 0.3) is 0 Å². The SMILES string of the molecule is CC(C)(OCC(=O)NCC(F)(F)F)C(c1ccccc1)c1ccc2c(cnn2-c2ccc(F)cc2)c1. The fourth-order valence-electron chi connectivity index (χ4n) is 4.24. The van der Waals surface area contributed by atoms with Crippen LogP contribution in [0.4, 0.5) is 17.6 Å². The van der Waals surface area contributed by atoms with Crippen molar-refractivity contribution in [2.45, 2.75) is 31.5 Å². The first-order valence-electron chi connectivity index (χ1n) is 11.3. The van der Waals surface area contributed by atoms with Crippen LogP contribution in [0, 0.1) is 5.82 Å². The van der Waals surface area contributed by atoms with Gasteiger partial charge in [0.15, 0.2) is 0 Å². The second kappa shape index (κ2) is 10.1. The highest BCUT2D eigenvalue weighted by Gasteiger charge is 2.35. The van der Waals surface area contributed by atoms with Crippen LogP contribution in [0.3, 0.4) is 0 Å². The summed E-state index contributed by atoms with van der Waals surface area (Å²) in [5.41, 5.74) is 2.39. The summed E-state index contributed by atoms with van der Waals surface area (Å²) in [4.78, 5) is 12.0. The maximum Gasteiger partial charge on any atom is 0.405 e. The first-order valence-corrected chi connectivity index (χ1v) is 11.3. The smallest absolute Gasteiger partial charge is 0.365 e. The normalized spacial score (nSPS) is 13.1. The zero-order chi connectivity index (χ0) is 25.9. The van der Waals surface area contributed by atoms with E-state index in [1.54, 1.807) is 36.9 Å². The molecule has 5 nitrogen and oxygen atoms in total. The molecule has 1 atom stereocenters. The Hall–Kier alpha value is -3.72. The van der Waals surface area contributed by atoms with Crippen molar-refractivity contribution in [2.75, 3.05) is 13.2 Å². The van der Waals surface area contributed by atoms with E-state index in [4.69, 9.17) is 4.74 Å². The first kappa shape index (κ1) is 25.4. The number of nitrogens with zero attached hydrogens (tertiary/aromatic N) is 2. The van der Waals surface area contributed by atoms with Gasteiger partial charge < -0.3 is 10.1 Å². The zero-order valence-electron chi connectivity index (χ0n) is 19.7. The van der Waals surface area contributed by atoms with Gasteiger partial charge in [-0.15, -0.1) is 0 Å². The number of alkyl halides is 3. The van der Waals surface area contributed by atoms with Gasteiger partial charge >= 0.3 is 6.18 Å². The van der Waals surface area contributed by atoms with Crippen molar-refractivity contribution in [1.82, 2.24) is 15.1 Å². The average molecular weight is 500 g/mol. The van der Waals surface area contributed by atoms with Crippen LogP contribution in [0.25, 0.3) is 16.6 Å². The highest BCUT2D eigenvalue weighted by molar-refractivity contribution is 5.81. The molecule has 0 saturated carbocycles. The molecule has 0 fully saturated rings. The molecule has 4 rings (SSSR count). The molecule has 0 spiro atoms. The number of amides is 1. The summed E-state index contributed by atoms with van der Waals surface area (Å²) in [6.07, 6.45) is -2.78. The number of halogens is 4. The lowest BCUT2D eigenvalue weighted by Crippen LogP contribution is -2.40. The molecule has 1 heterocycles. The van der Waals surface area contributed by atoms with Gasteiger partial charge in [-0.25, -0.2) is 9.07 Å². The van der Waals surface area contributed by atoms with Crippen molar-refractivity contribution >= 4 is 16.8 Å². The summed E-state index contributed by atoms with van der Waals surface area (Å²) in [5.74, 6) is -1.52. The summed E-state index contributed by atoms with van der Waals surface area (Å²) in [5, 5.41) is 7.13. The number of carbonyl (C=O) groups excluding carboxylic acids is 1. The Morgan fingerprint density at radius 1 is 1.00 bits per heavy atom. The molecule has 4 aromatic rings. The molecule has 9 heteroatoms. The zero-order valence-corrected chi connectivity index (χ0v) is 19.7. The van der Waals surface area contributed by atoms with Crippen molar-refractivity contribution in [3.8, 4) is 5.69 Å².